The number of amides is 2. The van der Waals surface area contributed by atoms with Crippen LogP contribution in [-0.2, 0) is 9.53 Å². The van der Waals surface area contributed by atoms with Crippen molar-refractivity contribution in [3.05, 3.63) is 72.3 Å². The van der Waals surface area contributed by atoms with Crippen molar-refractivity contribution >= 4 is 28.3 Å². The average molecular weight is 406 g/mol. The van der Waals surface area contributed by atoms with Crippen LogP contribution in [0.25, 0.3) is 10.8 Å². The molecule has 2 amide bonds. The van der Waals surface area contributed by atoms with Gasteiger partial charge in [-0.3, -0.25) is 9.59 Å². The molecule has 0 saturated carbocycles. The highest BCUT2D eigenvalue weighted by Gasteiger charge is 2.21. The topological polar surface area (TPSA) is 76.7 Å². The Morgan fingerprint density at radius 1 is 0.967 bits per heavy atom. The standard InChI is InChI=1S/C24H26N2O4/c1-3-21(30-22-14-8-10-17-9-4-5-11-18(17)22)24(28)26-20-13-7-6-12-19(20)23(27)25-15-16-29-2/h4-14,21H,3,15-16H2,1-2H3,(H,25,27)(H,26,28)/t21-/m0/s1. The van der Waals surface area contributed by atoms with Crippen LogP contribution in [0, 0.1) is 0 Å². The maximum absolute atomic E-state index is 12.9. The SMILES string of the molecule is CC[C@H](Oc1cccc2ccccc12)C(=O)Nc1ccccc1C(=O)NCCOC. The monoisotopic (exact) mass is 406 g/mol. The Morgan fingerprint density at radius 3 is 2.50 bits per heavy atom. The average Bonchev–Trinajstić information content (AvgIpc) is 2.78. The molecule has 3 aromatic carbocycles. The number of fused-ring (bicyclic) bond motifs is 1. The van der Waals surface area contributed by atoms with Crippen LogP contribution in [0.4, 0.5) is 5.69 Å². The summed E-state index contributed by atoms with van der Waals surface area (Å²) in [5.74, 6) is 0.0780. The molecule has 1 atom stereocenters. The molecule has 0 aliphatic rings. The van der Waals surface area contributed by atoms with Crippen molar-refractivity contribution < 1.29 is 19.1 Å². The van der Waals surface area contributed by atoms with Crippen molar-refractivity contribution in [3.63, 3.8) is 0 Å². The fraction of sp³-hybridized carbons (Fsp3) is 0.250. The summed E-state index contributed by atoms with van der Waals surface area (Å²) in [6.45, 7) is 2.69. The lowest BCUT2D eigenvalue weighted by Crippen LogP contribution is -2.34. The third-order valence-corrected chi connectivity index (χ3v) is 4.70. The van der Waals surface area contributed by atoms with E-state index in [2.05, 4.69) is 10.6 Å². The molecular weight excluding hydrogens is 380 g/mol. The molecule has 0 saturated heterocycles. The number of hydrogen-bond acceptors (Lipinski definition) is 4. The summed E-state index contributed by atoms with van der Waals surface area (Å²) >= 11 is 0. The van der Waals surface area contributed by atoms with E-state index in [-0.39, 0.29) is 11.8 Å². The van der Waals surface area contributed by atoms with E-state index < -0.39 is 6.10 Å². The second kappa shape index (κ2) is 10.4. The zero-order valence-electron chi connectivity index (χ0n) is 17.2. The molecule has 2 N–H and O–H groups in total. The third-order valence-electron chi connectivity index (χ3n) is 4.70. The number of carbonyl (C=O) groups excluding carboxylic acids is 2. The molecule has 0 aliphatic carbocycles. The second-order valence-corrected chi connectivity index (χ2v) is 6.78. The van der Waals surface area contributed by atoms with E-state index in [4.69, 9.17) is 9.47 Å². The number of nitrogens with one attached hydrogen (secondary N) is 2. The van der Waals surface area contributed by atoms with Crippen LogP contribution in [0.1, 0.15) is 23.7 Å². The minimum absolute atomic E-state index is 0.272. The molecule has 0 radical (unpaired) electrons. The summed E-state index contributed by atoms with van der Waals surface area (Å²) in [5.41, 5.74) is 0.833. The maximum atomic E-state index is 12.9. The first-order valence-electron chi connectivity index (χ1n) is 9.95. The highest BCUT2D eigenvalue weighted by Crippen LogP contribution is 2.27. The normalized spacial score (nSPS) is 11.7. The van der Waals surface area contributed by atoms with Crippen LogP contribution < -0.4 is 15.4 Å². The Morgan fingerprint density at radius 2 is 1.70 bits per heavy atom. The van der Waals surface area contributed by atoms with Crippen LogP contribution in [0.5, 0.6) is 5.75 Å². The molecule has 0 aromatic heterocycles. The molecule has 0 spiro atoms. The molecular formula is C24H26N2O4. The van der Waals surface area contributed by atoms with Crippen molar-refractivity contribution in [3.8, 4) is 5.75 Å². The zero-order valence-corrected chi connectivity index (χ0v) is 17.2. The first kappa shape index (κ1) is 21.3. The van der Waals surface area contributed by atoms with Crippen molar-refractivity contribution in [2.45, 2.75) is 19.4 Å². The van der Waals surface area contributed by atoms with E-state index in [1.54, 1.807) is 31.4 Å². The van der Waals surface area contributed by atoms with Crippen LogP contribution in [0.3, 0.4) is 0 Å². The first-order chi connectivity index (χ1) is 14.6. The highest BCUT2D eigenvalue weighted by atomic mass is 16.5. The Kier molecular flexibility index (Phi) is 7.40. The van der Waals surface area contributed by atoms with Crippen molar-refractivity contribution in [1.82, 2.24) is 5.32 Å². The van der Waals surface area contributed by atoms with Gasteiger partial charge in [0.15, 0.2) is 6.10 Å². The number of ether oxygens (including phenoxy) is 2. The Labute approximate surface area is 176 Å². The van der Waals surface area contributed by atoms with Gasteiger partial charge in [0, 0.05) is 19.0 Å². The predicted molar refractivity (Wildman–Crippen MR) is 118 cm³/mol. The van der Waals surface area contributed by atoms with Gasteiger partial charge in [0.25, 0.3) is 11.8 Å². The number of benzene rings is 3. The number of rotatable bonds is 9. The van der Waals surface area contributed by atoms with Crippen LogP contribution in [-0.4, -0.2) is 38.2 Å². The van der Waals surface area contributed by atoms with Crippen molar-refractivity contribution in [2.24, 2.45) is 0 Å². The highest BCUT2D eigenvalue weighted by molar-refractivity contribution is 6.04. The summed E-state index contributed by atoms with van der Waals surface area (Å²) < 4.78 is 11.0. The summed E-state index contributed by atoms with van der Waals surface area (Å²) in [6.07, 6.45) is -0.211. The van der Waals surface area contributed by atoms with E-state index >= 15 is 0 Å². The van der Waals surface area contributed by atoms with Crippen LogP contribution in [0.15, 0.2) is 66.7 Å². The van der Waals surface area contributed by atoms with Crippen LogP contribution >= 0.6 is 0 Å². The molecule has 6 heteroatoms. The summed E-state index contributed by atoms with van der Waals surface area (Å²) in [6, 6.07) is 20.5. The lowest BCUT2D eigenvalue weighted by atomic mass is 10.1. The van der Waals surface area contributed by atoms with E-state index in [0.29, 0.717) is 36.6 Å². The lowest BCUT2D eigenvalue weighted by Gasteiger charge is -2.19. The van der Waals surface area contributed by atoms with Gasteiger partial charge in [0.1, 0.15) is 5.75 Å². The van der Waals surface area contributed by atoms with Gasteiger partial charge in [-0.25, -0.2) is 0 Å². The number of hydrogen-bond donors (Lipinski definition) is 2. The maximum Gasteiger partial charge on any atom is 0.265 e. The summed E-state index contributed by atoms with van der Waals surface area (Å²) in [7, 11) is 1.57. The van der Waals surface area contributed by atoms with Gasteiger partial charge < -0.3 is 20.1 Å². The van der Waals surface area contributed by atoms with E-state index in [9.17, 15) is 9.59 Å². The van der Waals surface area contributed by atoms with E-state index in [1.165, 1.54) is 0 Å². The zero-order chi connectivity index (χ0) is 21.3. The van der Waals surface area contributed by atoms with Gasteiger partial charge in [-0.1, -0.05) is 55.5 Å². The van der Waals surface area contributed by atoms with Gasteiger partial charge in [0.2, 0.25) is 0 Å². The molecule has 156 valence electrons. The molecule has 6 nitrogen and oxygen atoms in total. The quantitative estimate of drug-likeness (QED) is 0.527. The van der Waals surface area contributed by atoms with Gasteiger partial charge in [-0.2, -0.15) is 0 Å². The van der Waals surface area contributed by atoms with E-state index in [1.807, 2.05) is 49.4 Å². The van der Waals surface area contributed by atoms with Gasteiger partial charge >= 0.3 is 0 Å². The second-order valence-electron chi connectivity index (χ2n) is 6.78. The molecule has 0 heterocycles. The Balaban J connectivity index is 1.75. The van der Waals surface area contributed by atoms with Gasteiger partial charge in [-0.05, 0) is 30.0 Å². The molecule has 0 aliphatic heterocycles. The van der Waals surface area contributed by atoms with Crippen LogP contribution in [0.2, 0.25) is 0 Å². The predicted octanol–water partition coefficient (Wildman–Crippen LogP) is 4.01. The molecule has 30 heavy (non-hydrogen) atoms. The number of methoxy groups -OCH3 is 1. The fourth-order valence-corrected chi connectivity index (χ4v) is 3.14. The van der Waals surface area contributed by atoms with Gasteiger partial charge in [0.05, 0.1) is 17.9 Å². The number of carbonyl (C=O) groups is 2. The number of anilines is 1. The largest absolute Gasteiger partial charge is 0.480 e. The molecule has 3 rings (SSSR count). The first-order valence-corrected chi connectivity index (χ1v) is 9.95. The Bertz CT molecular complexity index is 1010. The minimum Gasteiger partial charge on any atom is -0.480 e. The molecule has 0 fully saturated rings. The molecule has 3 aromatic rings. The third kappa shape index (κ3) is 5.15. The lowest BCUT2D eigenvalue weighted by molar-refractivity contribution is -0.122. The minimum atomic E-state index is -0.694. The molecule has 0 bridgehead atoms. The fourth-order valence-electron chi connectivity index (χ4n) is 3.14. The van der Waals surface area contributed by atoms with Crippen molar-refractivity contribution in [2.75, 3.05) is 25.6 Å². The smallest absolute Gasteiger partial charge is 0.265 e. The van der Waals surface area contributed by atoms with E-state index in [0.717, 1.165) is 10.8 Å². The summed E-state index contributed by atoms with van der Waals surface area (Å²) in [5, 5.41) is 7.61. The van der Waals surface area contributed by atoms with Gasteiger partial charge in [-0.15, -0.1) is 0 Å². The van der Waals surface area contributed by atoms with Crippen molar-refractivity contribution in [1.29, 1.82) is 0 Å². The Hall–Kier alpha value is -3.38. The summed E-state index contributed by atoms with van der Waals surface area (Å²) in [4.78, 5) is 25.4. The molecule has 0 unspecified atom stereocenters. The number of para-hydroxylation sites is 1.